The number of nitrogens with zero attached hydrogens (tertiary/aromatic N) is 1. The highest BCUT2D eigenvalue weighted by atomic mass is 16.5. The van der Waals surface area contributed by atoms with Crippen molar-refractivity contribution in [3.05, 3.63) is 78.1 Å². The predicted molar refractivity (Wildman–Crippen MR) is 115 cm³/mol. The van der Waals surface area contributed by atoms with Gasteiger partial charge in [-0.1, -0.05) is 48.5 Å². The van der Waals surface area contributed by atoms with Crippen molar-refractivity contribution in [2.45, 2.75) is 25.8 Å². The first-order chi connectivity index (χ1) is 14.6. The molecule has 150 valence electrons. The molecule has 30 heavy (non-hydrogen) atoms. The molecule has 5 heteroatoms. The molecule has 0 N–H and O–H groups in total. The number of hydrogen-bond acceptors (Lipinski definition) is 4. The molecule has 1 aromatic heterocycles. The number of anilines is 1. The zero-order valence-corrected chi connectivity index (χ0v) is 16.6. The number of carbonyl (C=O) groups excluding carboxylic acids is 2. The van der Waals surface area contributed by atoms with Crippen molar-refractivity contribution in [1.29, 1.82) is 0 Å². The van der Waals surface area contributed by atoms with E-state index in [2.05, 4.69) is 0 Å². The molecule has 0 unspecified atom stereocenters. The Bertz CT molecular complexity index is 1270. The first kappa shape index (κ1) is 18.4. The van der Waals surface area contributed by atoms with Crippen LogP contribution in [0.4, 0.5) is 5.69 Å². The standard InChI is InChI=1S/C25H21NO4/c1-16-12-18-7-3-5-9-21(18)26(16)23(27)15-30-24(28)13-19-14-29-22-11-10-17-6-2-4-8-20(17)25(19)22/h2-11,14,16H,12-13,15H2,1H3/t16-/m1/s1. The fourth-order valence-electron chi connectivity index (χ4n) is 4.37. The summed E-state index contributed by atoms with van der Waals surface area (Å²) in [6, 6.07) is 19.8. The number of para-hydroxylation sites is 1. The summed E-state index contributed by atoms with van der Waals surface area (Å²) in [6.45, 7) is 1.73. The second-order valence-corrected chi connectivity index (χ2v) is 7.70. The van der Waals surface area contributed by atoms with Crippen molar-refractivity contribution < 1.29 is 18.7 Å². The molecular weight excluding hydrogens is 378 g/mol. The smallest absolute Gasteiger partial charge is 0.310 e. The van der Waals surface area contributed by atoms with Gasteiger partial charge in [0.1, 0.15) is 5.58 Å². The molecule has 0 aliphatic carbocycles. The fourth-order valence-corrected chi connectivity index (χ4v) is 4.37. The van der Waals surface area contributed by atoms with Crippen LogP contribution in [0.5, 0.6) is 0 Å². The highest BCUT2D eigenvalue weighted by Gasteiger charge is 2.31. The number of hydrogen-bond donors (Lipinski definition) is 0. The van der Waals surface area contributed by atoms with E-state index in [0.717, 1.165) is 45.0 Å². The summed E-state index contributed by atoms with van der Waals surface area (Å²) in [5, 5.41) is 3.03. The summed E-state index contributed by atoms with van der Waals surface area (Å²) >= 11 is 0. The maximum atomic E-state index is 12.7. The minimum atomic E-state index is -0.445. The van der Waals surface area contributed by atoms with Crippen LogP contribution in [-0.4, -0.2) is 24.5 Å². The zero-order chi connectivity index (χ0) is 20.7. The van der Waals surface area contributed by atoms with E-state index in [1.54, 1.807) is 11.2 Å². The average Bonchev–Trinajstić information content (AvgIpc) is 3.32. The number of benzene rings is 3. The lowest BCUT2D eigenvalue weighted by Gasteiger charge is -2.22. The Morgan fingerprint density at radius 1 is 1.07 bits per heavy atom. The maximum absolute atomic E-state index is 12.7. The molecule has 4 aromatic rings. The molecule has 0 spiro atoms. The Morgan fingerprint density at radius 3 is 2.77 bits per heavy atom. The SMILES string of the molecule is C[C@@H]1Cc2ccccc2N1C(=O)COC(=O)Cc1coc2ccc3ccccc3c12. The molecule has 1 aliphatic rings. The third kappa shape index (κ3) is 3.12. The molecule has 2 heterocycles. The summed E-state index contributed by atoms with van der Waals surface area (Å²) in [4.78, 5) is 27.0. The zero-order valence-electron chi connectivity index (χ0n) is 16.6. The Labute approximate surface area is 173 Å². The lowest BCUT2D eigenvalue weighted by molar-refractivity contribution is -0.147. The van der Waals surface area contributed by atoms with Crippen LogP contribution in [0.3, 0.4) is 0 Å². The molecule has 5 nitrogen and oxygen atoms in total. The Kier molecular flexibility index (Phi) is 4.51. The van der Waals surface area contributed by atoms with Crippen molar-refractivity contribution in [2.75, 3.05) is 11.5 Å². The average molecular weight is 399 g/mol. The van der Waals surface area contributed by atoms with Crippen molar-refractivity contribution >= 4 is 39.3 Å². The van der Waals surface area contributed by atoms with Crippen LogP contribution in [-0.2, 0) is 27.2 Å². The molecule has 1 amide bonds. The van der Waals surface area contributed by atoms with E-state index >= 15 is 0 Å². The van der Waals surface area contributed by atoms with Gasteiger partial charge >= 0.3 is 5.97 Å². The summed E-state index contributed by atoms with van der Waals surface area (Å²) in [5.74, 6) is -0.651. The second-order valence-electron chi connectivity index (χ2n) is 7.70. The van der Waals surface area contributed by atoms with Gasteiger partial charge < -0.3 is 14.1 Å². The molecule has 0 saturated heterocycles. The molecule has 0 radical (unpaired) electrons. The molecule has 1 atom stereocenters. The molecule has 3 aromatic carbocycles. The number of carbonyl (C=O) groups is 2. The number of ether oxygens (including phenoxy) is 1. The van der Waals surface area contributed by atoms with Crippen LogP contribution in [0.1, 0.15) is 18.1 Å². The van der Waals surface area contributed by atoms with Gasteiger partial charge in [-0.3, -0.25) is 9.59 Å². The van der Waals surface area contributed by atoms with Crippen LogP contribution in [0.25, 0.3) is 21.7 Å². The van der Waals surface area contributed by atoms with Gasteiger partial charge in [-0.15, -0.1) is 0 Å². The number of fused-ring (bicyclic) bond motifs is 4. The van der Waals surface area contributed by atoms with Gasteiger partial charge in [-0.2, -0.15) is 0 Å². The summed E-state index contributed by atoms with van der Waals surface area (Å²) < 4.78 is 11.0. The number of rotatable bonds is 4. The van der Waals surface area contributed by atoms with E-state index < -0.39 is 5.97 Å². The first-order valence-corrected chi connectivity index (χ1v) is 10.1. The lowest BCUT2D eigenvalue weighted by atomic mass is 10.0. The van der Waals surface area contributed by atoms with Crippen LogP contribution >= 0.6 is 0 Å². The Morgan fingerprint density at radius 2 is 1.87 bits per heavy atom. The first-order valence-electron chi connectivity index (χ1n) is 10.1. The minimum Gasteiger partial charge on any atom is -0.464 e. The maximum Gasteiger partial charge on any atom is 0.310 e. The normalized spacial score (nSPS) is 15.5. The van der Waals surface area contributed by atoms with E-state index in [0.29, 0.717) is 0 Å². The monoisotopic (exact) mass is 399 g/mol. The molecular formula is C25H21NO4. The quantitative estimate of drug-likeness (QED) is 0.469. The van der Waals surface area contributed by atoms with Gasteiger partial charge in [0.2, 0.25) is 0 Å². The van der Waals surface area contributed by atoms with Crippen molar-refractivity contribution in [3.63, 3.8) is 0 Å². The Balaban J connectivity index is 1.30. The summed E-state index contributed by atoms with van der Waals surface area (Å²) in [6.07, 6.45) is 2.46. The minimum absolute atomic E-state index is 0.0535. The van der Waals surface area contributed by atoms with Gasteiger partial charge in [0, 0.05) is 22.7 Å². The van der Waals surface area contributed by atoms with E-state index in [-0.39, 0.29) is 25.0 Å². The van der Waals surface area contributed by atoms with Crippen LogP contribution in [0, 0.1) is 0 Å². The molecule has 0 bridgehead atoms. The molecule has 5 rings (SSSR count). The second kappa shape index (κ2) is 7.34. The van der Waals surface area contributed by atoms with Crippen LogP contribution < -0.4 is 4.90 Å². The number of furan rings is 1. The summed E-state index contributed by atoms with van der Waals surface area (Å²) in [5.41, 5.74) is 3.54. The highest BCUT2D eigenvalue weighted by molar-refractivity contribution is 6.08. The molecule has 1 aliphatic heterocycles. The van der Waals surface area contributed by atoms with E-state index in [9.17, 15) is 9.59 Å². The van der Waals surface area contributed by atoms with Crippen LogP contribution in [0.2, 0.25) is 0 Å². The van der Waals surface area contributed by atoms with Crippen molar-refractivity contribution in [2.24, 2.45) is 0 Å². The Hall–Kier alpha value is -3.60. The predicted octanol–water partition coefficient (Wildman–Crippen LogP) is 4.65. The van der Waals surface area contributed by atoms with Gasteiger partial charge in [0.25, 0.3) is 5.91 Å². The topological polar surface area (TPSA) is 59.8 Å². The van der Waals surface area contributed by atoms with Crippen molar-refractivity contribution in [3.8, 4) is 0 Å². The number of esters is 1. The third-order valence-corrected chi connectivity index (χ3v) is 5.71. The fraction of sp³-hybridized carbons (Fsp3) is 0.200. The lowest BCUT2D eigenvalue weighted by Crippen LogP contribution is -2.38. The largest absolute Gasteiger partial charge is 0.464 e. The highest BCUT2D eigenvalue weighted by Crippen LogP contribution is 2.32. The van der Waals surface area contributed by atoms with Crippen LogP contribution in [0.15, 0.2) is 71.3 Å². The summed E-state index contributed by atoms with van der Waals surface area (Å²) in [7, 11) is 0. The third-order valence-electron chi connectivity index (χ3n) is 5.71. The molecule has 0 saturated carbocycles. The molecule has 0 fully saturated rings. The van der Waals surface area contributed by atoms with E-state index in [4.69, 9.17) is 9.15 Å². The van der Waals surface area contributed by atoms with Crippen molar-refractivity contribution in [1.82, 2.24) is 0 Å². The number of amides is 1. The van der Waals surface area contributed by atoms with E-state index in [1.807, 2.05) is 67.6 Å². The van der Waals surface area contributed by atoms with E-state index in [1.165, 1.54) is 0 Å². The van der Waals surface area contributed by atoms with Gasteiger partial charge in [-0.05, 0) is 41.8 Å². The van der Waals surface area contributed by atoms with Gasteiger partial charge in [0.15, 0.2) is 6.61 Å². The van der Waals surface area contributed by atoms with Gasteiger partial charge in [-0.25, -0.2) is 0 Å². The van der Waals surface area contributed by atoms with Gasteiger partial charge in [0.05, 0.1) is 12.7 Å².